The monoisotopic (exact) mass is 367 g/mol. The van der Waals surface area contributed by atoms with E-state index in [0.717, 1.165) is 31.6 Å². The van der Waals surface area contributed by atoms with Gasteiger partial charge in [0, 0.05) is 37.3 Å². The molecule has 0 bridgehead atoms. The van der Waals surface area contributed by atoms with Gasteiger partial charge in [0.1, 0.15) is 5.60 Å². The molecule has 1 aliphatic carbocycles. The Kier molecular flexibility index (Phi) is 4.81. The van der Waals surface area contributed by atoms with Crippen LogP contribution in [0.3, 0.4) is 0 Å². The van der Waals surface area contributed by atoms with E-state index in [2.05, 4.69) is 33.4 Å². The van der Waals surface area contributed by atoms with Crippen molar-refractivity contribution in [2.45, 2.75) is 51.8 Å². The van der Waals surface area contributed by atoms with E-state index in [4.69, 9.17) is 4.74 Å². The number of fused-ring (bicyclic) bond motifs is 2. The van der Waals surface area contributed by atoms with Crippen LogP contribution in [-0.4, -0.2) is 40.7 Å². The van der Waals surface area contributed by atoms with Crippen molar-refractivity contribution in [3.63, 3.8) is 0 Å². The van der Waals surface area contributed by atoms with Crippen molar-refractivity contribution in [2.24, 2.45) is 11.8 Å². The fraction of sp³-hybridized carbons (Fsp3) is 0.545. The number of likely N-dealkylation sites (tertiary alicyclic amines) is 1. The van der Waals surface area contributed by atoms with E-state index in [1.165, 1.54) is 17.4 Å². The SMILES string of the molecule is CC(C)(C)OC(=O)N[C@@H]1CC[C@H]2CN(Cc3cnc4ccccc4c3)C[C@@H]21. The van der Waals surface area contributed by atoms with E-state index >= 15 is 0 Å². The van der Waals surface area contributed by atoms with E-state index in [9.17, 15) is 4.79 Å². The summed E-state index contributed by atoms with van der Waals surface area (Å²) in [5.41, 5.74) is 1.85. The number of nitrogens with zero attached hydrogens (tertiary/aromatic N) is 2. The lowest BCUT2D eigenvalue weighted by Gasteiger charge is -2.25. The second-order valence-corrected chi connectivity index (χ2v) is 8.98. The Labute approximate surface area is 161 Å². The first-order valence-electron chi connectivity index (χ1n) is 9.93. The third-order valence-corrected chi connectivity index (χ3v) is 5.69. The van der Waals surface area contributed by atoms with Gasteiger partial charge in [0.15, 0.2) is 0 Å². The molecular formula is C22H29N3O2. The first-order chi connectivity index (χ1) is 12.9. The van der Waals surface area contributed by atoms with Crippen molar-refractivity contribution in [3.05, 3.63) is 42.1 Å². The van der Waals surface area contributed by atoms with Crippen LogP contribution in [0, 0.1) is 11.8 Å². The molecule has 5 nitrogen and oxygen atoms in total. The number of amides is 1. The summed E-state index contributed by atoms with van der Waals surface area (Å²) in [6.07, 6.45) is 3.94. The molecule has 1 amide bonds. The highest BCUT2D eigenvalue weighted by Gasteiger charge is 2.43. The third kappa shape index (κ3) is 4.24. The Balaban J connectivity index is 1.37. The van der Waals surface area contributed by atoms with Crippen LogP contribution in [0.5, 0.6) is 0 Å². The largest absolute Gasteiger partial charge is 0.444 e. The normalized spacial score (nSPS) is 25.5. The lowest BCUT2D eigenvalue weighted by molar-refractivity contribution is 0.0491. The molecule has 27 heavy (non-hydrogen) atoms. The topological polar surface area (TPSA) is 54.5 Å². The number of hydrogen-bond donors (Lipinski definition) is 1. The van der Waals surface area contributed by atoms with Crippen LogP contribution in [0.25, 0.3) is 10.9 Å². The minimum absolute atomic E-state index is 0.226. The first-order valence-corrected chi connectivity index (χ1v) is 9.93. The zero-order valence-electron chi connectivity index (χ0n) is 16.4. The highest BCUT2D eigenvalue weighted by atomic mass is 16.6. The van der Waals surface area contributed by atoms with Crippen molar-refractivity contribution in [1.82, 2.24) is 15.2 Å². The second-order valence-electron chi connectivity index (χ2n) is 8.98. The molecule has 2 aromatic rings. The highest BCUT2D eigenvalue weighted by molar-refractivity contribution is 5.78. The number of ether oxygens (including phenoxy) is 1. The highest BCUT2D eigenvalue weighted by Crippen LogP contribution is 2.38. The predicted molar refractivity (Wildman–Crippen MR) is 106 cm³/mol. The van der Waals surface area contributed by atoms with E-state index < -0.39 is 5.60 Å². The van der Waals surface area contributed by atoms with Gasteiger partial charge in [0.2, 0.25) is 0 Å². The molecule has 1 aliphatic heterocycles. The molecule has 1 aromatic heterocycles. The molecule has 4 rings (SSSR count). The lowest BCUT2D eigenvalue weighted by atomic mass is 9.98. The summed E-state index contributed by atoms with van der Waals surface area (Å²) in [5.74, 6) is 1.18. The smallest absolute Gasteiger partial charge is 0.407 e. The van der Waals surface area contributed by atoms with Crippen molar-refractivity contribution in [2.75, 3.05) is 13.1 Å². The number of alkyl carbamates (subject to hydrolysis) is 1. The van der Waals surface area contributed by atoms with Crippen LogP contribution in [0.2, 0.25) is 0 Å². The number of nitrogens with one attached hydrogen (secondary N) is 1. The van der Waals surface area contributed by atoms with E-state index in [-0.39, 0.29) is 12.1 Å². The van der Waals surface area contributed by atoms with E-state index in [1.807, 2.05) is 39.1 Å². The molecule has 2 aliphatic rings. The van der Waals surface area contributed by atoms with E-state index in [1.54, 1.807) is 0 Å². The van der Waals surface area contributed by atoms with Crippen LogP contribution < -0.4 is 5.32 Å². The van der Waals surface area contributed by atoms with Crippen LogP contribution in [0.4, 0.5) is 4.79 Å². The third-order valence-electron chi connectivity index (χ3n) is 5.69. The number of para-hydroxylation sites is 1. The maximum Gasteiger partial charge on any atom is 0.407 e. The summed E-state index contributed by atoms with van der Waals surface area (Å²) >= 11 is 0. The molecule has 1 aromatic carbocycles. The molecule has 3 atom stereocenters. The molecule has 2 heterocycles. The molecule has 1 N–H and O–H groups in total. The van der Waals surface area contributed by atoms with Gasteiger partial charge in [-0.15, -0.1) is 0 Å². The average Bonchev–Trinajstić information content (AvgIpc) is 3.14. The minimum atomic E-state index is -0.452. The predicted octanol–water partition coefficient (Wildman–Crippen LogP) is 3.97. The number of benzene rings is 1. The summed E-state index contributed by atoms with van der Waals surface area (Å²) < 4.78 is 5.44. The first kappa shape index (κ1) is 18.2. The van der Waals surface area contributed by atoms with Crippen molar-refractivity contribution < 1.29 is 9.53 Å². The zero-order valence-corrected chi connectivity index (χ0v) is 16.4. The lowest BCUT2D eigenvalue weighted by Crippen LogP contribution is -2.42. The quantitative estimate of drug-likeness (QED) is 0.892. The standard InChI is InChI=1S/C22H29N3O2/c1-22(2,3)27-21(26)24-20-9-8-17-13-25(14-18(17)20)12-15-10-16-6-4-5-7-19(16)23-11-15/h4-7,10-11,17-18,20H,8-9,12-14H2,1-3H3,(H,24,26)/t17-,18-,20+/m0/s1. The van der Waals surface area contributed by atoms with Crippen LogP contribution >= 0.6 is 0 Å². The van der Waals surface area contributed by atoms with Gasteiger partial charge in [-0.1, -0.05) is 18.2 Å². The van der Waals surface area contributed by atoms with Crippen molar-refractivity contribution >= 4 is 17.0 Å². The Morgan fingerprint density at radius 1 is 1.26 bits per heavy atom. The summed E-state index contributed by atoms with van der Waals surface area (Å²) in [6.45, 7) is 8.75. The summed E-state index contributed by atoms with van der Waals surface area (Å²) in [4.78, 5) is 19.2. The second kappa shape index (κ2) is 7.12. The number of rotatable bonds is 3. The number of hydrogen-bond acceptors (Lipinski definition) is 4. The Hall–Kier alpha value is -2.14. The zero-order chi connectivity index (χ0) is 19.0. The van der Waals surface area contributed by atoms with Gasteiger partial charge in [-0.25, -0.2) is 4.79 Å². The number of pyridine rings is 1. The molecule has 144 valence electrons. The van der Waals surface area contributed by atoms with Crippen molar-refractivity contribution in [1.29, 1.82) is 0 Å². The molecule has 1 saturated carbocycles. The van der Waals surface area contributed by atoms with Gasteiger partial charge in [0.25, 0.3) is 0 Å². The Morgan fingerprint density at radius 3 is 2.89 bits per heavy atom. The number of aromatic nitrogens is 1. The Bertz CT molecular complexity index is 830. The number of carbonyl (C=O) groups excluding carboxylic acids is 1. The van der Waals surface area contributed by atoms with Crippen molar-refractivity contribution in [3.8, 4) is 0 Å². The van der Waals surface area contributed by atoms with Crippen LogP contribution in [-0.2, 0) is 11.3 Å². The number of carbonyl (C=O) groups is 1. The van der Waals surface area contributed by atoms with Crippen LogP contribution in [0.15, 0.2) is 36.5 Å². The summed E-state index contributed by atoms with van der Waals surface area (Å²) in [5, 5.41) is 4.31. The van der Waals surface area contributed by atoms with Gasteiger partial charge in [-0.05, 0) is 63.1 Å². The molecule has 0 radical (unpaired) electrons. The maximum absolute atomic E-state index is 12.1. The fourth-order valence-corrected chi connectivity index (χ4v) is 4.59. The molecule has 2 fully saturated rings. The van der Waals surface area contributed by atoms with Crippen LogP contribution in [0.1, 0.15) is 39.2 Å². The van der Waals surface area contributed by atoms with Gasteiger partial charge in [-0.3, -0.25) is 9.88 Å². The molecule has 0 unspecified atom stereocenters. The van der Waals surface area contributed by atoms with Gasteiger partial charge in [-0.2, -0.15) is 0 Å². The molecular weight excluding hydrogens is 338 g/mol. The van der Waals surface area contributed by atoms with E-state index in [0.29, 0.717) is 11.8 Å². The molecule has 0 spiro atoms. The average molecular weight is 367 g/mol. The fourth-order valence-electron chi connectivity index (χ4n) is 4.59. The summed E-state index contributed by atoms with van der Waals surface area (Å²) in [7, 11) is 0. The van der Waals surface area contributed by atoms with Gasteiger partial charge >= 0.3 is 6.09 Å². The summed E-state index contributed by atoms with van der Waals surface area (Å²) in [6, 6.07) is 10.7. The molecule has 1 saturated heterocycles. The Morgan fingerprint density at radius 2 is 2.07 bits per heavy atom. The molecule has 5 heteroatoms. The minimum Gasteiger partial charge on any atom is -0.444 e. The van der Waals surface area contributed by atoms with Gasteiger partial charge < -0.3 is 10.1 Å². The van der Waals surface area contributed by atoms with Gasteiger partial charge in [0.05, 0.1) is 5.52 Å². The maximum atomic E-state index is 12.1.